The number of rotatable bonds is 7. The number of sulfonamides is 1. The minimum atomic E-state index is -3.52. The van der Waals surface area contributed by atoms with E-state index < -0.39 is 10.0 Å². The summed E-state index contributed by atoms with van der Waals surface area (Å²) in [7, 11) is -3.52. The Kier molecular flexibility index (Phi) is 6.27. The van der Waals surface area contributed by atoms with E-state index in [1.807, 2.05) is 18.2 Å². The SMILES string of the molecule is O=S(=O)(NCCNc1cc(N2CCOCC2)cnn1)c1ccc2c(c1)CCCC2. The number of aryl methyl sites for hydroxylation is 2. The highest BCUT2D eigenvalue weighted by Crippen LogP contribution is 2.24. The Balaban J connectivity index is 1.31. The molecule has 8 nitrogen and oxygen atoms in total. The van der Waals surface area contributed by atoms with Gasteiger partial charge in [-0.25, -0.2) is 13.1 Å². The molecule has 0 bridgehead atoms. The Hall–Kier alpha value is -2.23. The molecule has 0 atom stereocenters. The maximum Gasteiger partial charge on any atom is 0.240 e. The van der Waals surface area contributed by atoms with Gasteiger partial charge in [0.1, 0.15) is 0 Å². The van der Waals surface area contributed by atoms with E-state index in [0.717, 1.165) is 43.6 Å². The molecule has 1 aliphatic carbocycles. The lowest BCUT2D eigenvalue weighted by Crippen LogP contribution is -2.36. The summed E-state index contributed by atoms with van der Waals surface area (Å²) in [6.45, 7) is 3.75. The summed E-state index contributed by atoms with van der Waals surface area (Å²) in [6, 6.07) is 7.41. The monoisotopic (exact) mass is 417 g/mol. The van der Waals surface area contributed by atoms with E-state index in [-0.39, 0.29) is 6.54 Å². The number of hydrogen-bond acceptors (Lipinski definition) is 7. The van der Waals surface area contributed by atoms with Crippen molar-refractivity contribution in [2.75, 3.05) is 49.6 Å². The molecule has 1 saturated heterocycles. The molecule has 1 aromatic heterocycles. The van der Waals surface area contributed by atoms with Crippen molar-refractivity contribution in [3.63, 3.8) is 0 Å². The summed E-state index contributed by atoms with van der Waals surface area (Å²) in [5.74, 6) is 0.627. The molecule has 0 radical (unpaired) electrons. The summed E-state index contributed by atoms with van der Waals surface area (Å²) < 4.78 is 33.2. The molecule has 156 valence electrons. The molecule has 2 aliphatic rings. The molecular weight excluding hydrogens is 390 g/mol. The number of morpholine rings is 1. The maximum absolute atomic E-state index is 12.6. The van der Waals surface area contributed by atoms with Crippen LogP contribution in [0.2, 0.25) is 0 Å². The largest absolute Gasteiger partial charge is 0.378 e. The van der Waals surface area contributed by atoms with E-state index in [4.69, 9.17) is 4.74 Å². The highest BCUT2D eigenvalue weighted by atomic mass is 32.2. The van der Waals surface area contributed by atoms with Gasteiger partial charge in [0.2, 0.25) is 10.0 Å². The lowest BCUT2D eigenvalue weighted by molar-refractivity contribution is 0.122. The normalized spacial score (nSPS) is 17.0. The van der Waals surface area contributed by atoms with Gasteiger partial charge in [0.05, 0.1) is 30.0 Å². The fourth-order valence-electron chi connectivity index (χ4n) is 3.77. The predicted octanol–water partition coefficient (Wildman–Crippen LogP) is 1.58. The summed E-state index contributed by atoms with van der Waals surface area (Å²) in [5.41, 5.74) is 3.42. The van der Waals surface area contributed by atoms with Gasteiger partial charge in [0.25, 0.3) is 0 Å². The van der Waals surface area contributed by atoms with Crippen LogP contribution in [0.4, 0.5) is 11.5 Å². The average Bonchev–Trinajstić information content (AvgIpc) is 2.77. The first-order valence-corrected chi connectivity index (χ1v) is 11.6. The molecule has 4 rings (SSSR count). The molecule has 9 heteroatoms. The molecule has 1 aromatic carbocycles. The zero-order valence-corrected chi connectivity index (χ0v) is 17.2. The number of fused-ring (bicyclic) bond motifs is 1. The van der Waals surface area contributed by atoms with Gasteiger partial charge in [-0.15, -0.1) is 5.10 Å². The van der Waals surface area contributed by atoms with E-state index in [1.165, 1.54) is 12.0 Å². The van der Waals surface area contributed by atoms with Crippen molar-refractivity contribution in [3.8, 4) is 0 Å². The molecule has 0 amide bonds. The van der Waals surface area contributed by atoms with Crippen LogP contribution < -0.4 is 14.9 Å². The molecule has 1 aliphatic heterocycles. The fourth-order valence-corrected chi connectivity index (χ4v) is 4.86. The minimum Gasteiger partial charge on any atom is -0.378 e. The summed E-state index contributed by atoms with van der Waals surface area (Å²) in [6.07, 6.45) is 6.03. The summed E-state index contributed by atoms with van der Waals surface area (Å²) in [4.78, 5) is 2.54. The van der Waals surface area contributed by atoms with Gasteiger partial charge in [-0.2, -0.15) is 5.10 Å². The van der Waals surface area contributed by atoms with Crippen molar-refractivity contribution in [1.82, 2.24) is 14.9 Å². The topological polar surface area (TPSA) is 96.5 Å². The number of hydrogen-bond donors (Lipinski definition) is 2. The third-order valence-corrected chi connectivity index (χ3v) is 6.83. The van der Waals surface area contributed by atoms with Gasteiger partial charge in [0.15, 0.2) is 5.82 Å². The van der Waals surface area contributed by atoms with E-state index in [1.54, 1.807) is 12.3 Å². The highest BCUT2D eigenvalue weighted by Gasteiger charge is 2.17. The Morgan fingerprint density at radius 1 is 1.03 bits per heavy atom. The van der Waals surface area contributed by atoms with Crippen LogP contribution in [0.3, 0.4) is 0 Å². The molecule has 0 spiro atoms. The Morgan fingerprint density at radius 2 is 1.83 bits per heavy atom. The smallest absolute Gasteiger partial charge is 0.240 e. The molecule has 2 aromatic rings. The van der Waals surface area contributed by atoms with Crippen molar-refractivity contribution < 1.29 is 13.2 Å². The number of nitrogens with one attached hydrogen (secondary N) is 2. The number of aromatic nitrogens is 2. The van der Waals surface area contributed by atoms with E-state index in [9.17, 15) is 8.42 Å². The highest BCUT2D eigenvalue weighted by molar-refractivity contribution is 7.89. The Morgan fingerprint density at radius 3 is 2.66 bits per heavy atom. The molecule has 0 unspecified atom stereocenters. The quantitative estimate of drug-likeness (QED) is 0.660. The summed E-state index contributed by atoms with van der Waals surface area (Å²) in [5, 5.41) is 11.3. The molecular formula is C20H27N5O3S. The van der Waals surface area contributed by atoms with E-state index >= 15 is 0 Å². The van der Waals surface area contributed by atoms with E-state index in [0.29, 0.717) is 30.5 Å². The standard InChI is InChI=1S/C20H27N5O3S/c26-29(27,19-6-5-16-3-1-2-4-17(16)13-19)23-8-7-21-20-14-18(15-22-24-20)25-9-11-28-12-10-25/h5-6,13-15,23H,1-4,7-12H2,(H,21,24). The van der Waals surface area contributed by atoms with Crippen molar-refractivity contribution in [1.29, 1.82) is 0 Å². The van der Waals surface area contributed by atoms with E-state index in [2.05, 4.69) is 25.1 Å². The first-order chi connectivity index (χ1) is 14.1. The minimum absolute atomic E-state index is 0.267. The van der Waals surface area contributed by atoms with Gasteiger partial charge in [-0.3, -0.25) is 0 Å². The molecule has 1 fully saturated rings. The zero-order valence-electron chi connectivity index (χ0n) is 16.4. The van der Waals surface area contributed by atoms with Crippen molar-refractivity contribution >= 4 is 21.5 Å². The fraction of sp³-hybridized carbons (Fsp3) is 0.500. The second kappa shape index (κ2) is 9.06. The number of ether oxygens (including phenoxy) is 1. The second-order valence-electron chi connectivity index (χ2n) is 7.36. The zero-order chi connectivity index (χ0) is 20.1. The van der Waals surface area contributed by atoms with Crippen molar-refractivity contribution in [3.05, 3.63) is 41.6 Å². The van der Waals surface area contributed by atoms with Crippen LogP contribution in [0, 0.1) is 0 Å². The lowest BCUT2D eigenvalue weighted by Gasteiger charge is -2.28. The van der Waals surface area contributed by atoms with Crippen molar-refractivity contribution in [2.24, 2.45) is 0 Å². The van der Waals surface area contributed by atoms with Gasteiger partial charge in [-0.05, 0) is 48.9 Å². The lowest BCUT2D eigenvalue weighted by atomic mass is 9.92. The van der Waals surface area contributed by atoms with Gasteiger partial charge >= 0.3 is 0 Å². The third-order valence-electron chi connectivity index (χ3n) is 5.37. The number of anilines is 2. The number of benzene rings is 1. The van der Waals surface area contributed by atoms with Crippen LogP contribution >= 0.6 is 0 Å². The first-order valence-electron chi connectivity index (χ1n) is 10.1. The molecule has 2 N–H and O–H groups in total. The van der Waals surface area contributed by atoms with Crippen LogP contribution in [0.1, 0.15) is 24.0 Å². The number of nitrogens with zero attached hydrogens (tertiary/aromatic N) is 3. The molecule has 29 heavy (non-hydrogen) atoms. The average molecular weight is 418 g/mol. The van der Waals surface area contributed by atoms with Gasteiger partial charge < -0.3 is 15.0 Å². The van der Waals surface area contributed by atoms with Gasteiger partial charge in [-0.1, -0.05) is 6.07 Å². The first kappa shape index (κ1) is 20.1. The maximum atomic E-state index is 12.6. The Bertz CT molecular complexity index is 945. The molecule has 0 saturated carbocycles. The third kappa shape index (κ3) is 5.04. The van der Waals surface area contributed by atoms with Crippen LogP contribution in [-0.2, 0) is 27.6 Å². The van der Waals surface area contributed by atoms with Crippen LogP contribution in [-0.4, -0.2) is 58.0 Å². The molecule has 2 heterocycles. The van der Waals surface area contributed by atoms with Gasteiger partial charge in [0, 0.05) is 32.2 Å². The van der Waals surface area contributed by atoms with Crippen LogP contribution in [0.25, 0.3) is 0 Å². The predicted molar refractivity (Wildman–Crippen MR) is 112 cm³/mol. The van der Waals surface area contributed by atoms with Crippen LogP contribution in [0.5, 0.6) is 0 Å². The summed E-state index contributed by atoms with van der Waals surface area (Å²) >= 11 is 0. The second-order valence-corrected chi connectivity index (χ2v) is 9.13. The Labute approximate surface area is 171 Å². The van der Waals surface area contributed by atoms with Crippen LogP contribution in [0.15, 0.2) is 35.4 Å². The van der Waals surface area contributed by atoms with Crippen molar-refractivity contribution in [2.45, 2.75) is 30.6 Å².